The average molecular weight is 304 g/mol. The molecule has 0 fully saturated rings. The van der Waals surface area contributed by atoms with Gasteiger partial charge in [0.15, 0.2) is 12.4 Å². The number of nitrogens with zero attached hydrogens (tertiary/aromatic N) is 1. The molecular weight excluding hydrogens is 286 g/mol. The Labute approximate surface area is 123 Å². The van der Waals surface area contributed by atoms with E-state index >= 15 is 0 Å². The van der Waals surface area contributed by atoms with Crippen LogP contribution in [-0.4, -0.2) is 30.4 Å². The van der Waals surface area contributed by atoms with Gasteiger partial charge in [-0.25, -0.2) is 25.0 Å². The van der Waals surface area contributed by atoms with Crippen molar-refractivity contribution in [2.24, 2.45) is 0 Å². The highest BCUT2D eigenvalue weighted by Crippen LogP contribution is 2.01. The van der Waals surface area contributed by atoms with E-state index in [-0.39, 0.29) is 32.2 Å². The Balaban J connectivity index is 0.00000361. The Bertz CT molecular complexity index is 416. The SMILES string of the molecule is CCOC(=O)NN(Cc1ccc[nH+]c1)C(=O)OCC.[Cl-]. The van der Waals surface area contributed by atoms with Crippen LogP contribution in [0.1, 0.15) is 19.4 Å². The van der Waals surface area contributed by atoms with E-state index in [9.17, 15) is 9.59 Å². The molecule has 0 bridgehead atoms. The maximum atomic E-state index is 11.7. The van der Waals surface area contributed by atoms with Gasteiger partial charge in [-0.15, -0.1) is 0 Å². The van der Waals surface area contributed by atoms with E-state index in [1.807, 2.05) is 6.07 Å². The van der Waals surface area contributed by atoms with E-state index < -0.39 is 12.2 Å². The first-order valence-corrected chi connectivity index (χ1v) is 6.00. The van der Waals surface area contributed by atoms with Gasteiger partial charge in [-0.1, -0.05) is 0 Å². The lowest BCUT2D eigenvalue weighted by Crippen LogP contribution is -3.00. The zero-order valence-corrected chi connectivity index (χ0v) is 12.1. The van der Waals surface area contributed by atoms with Gasteiger partial charge in [0.25, 0.3) is 0 Å². The lowest BCUT2D eigenvalue weighted by Gasteiger charge is -2.21. The van der Waals surface area contributed by atoms with E-state index in [1.165, 1.54) is 0 Å². The Hall–Kier alpha value is -2.02. The van der Waals surface area contributed by atoms with Gasteiger partial charge in [0.05, 0.1) is 19.8 Å². The van der Waals surface area contributed by atoms with Crippen molar-refractivity contribution in [2.45, 2.75) is 20.4 Å². The zero-order valence-electron chi connectivity index (χ0n) is 11.4. The third kappa shape index (κ3) is 6.24. The lowest BCUT2D eigenvalue weighted by atomic mass is 10.3. The van der Waals surface area contributed by atoms with Crippen molar-refractivity contribution in [2.75, 3.05) is 13.2 Å². The molecule has 0 aliphatic carbocycles. The van der Waals surface area contributed by atoms with Gasteiger partial charge >= 0.3 is 12.2 Å². The maximum absolute atomic E-state index is 11.7. The van der Waals surface area contributed by atoms with Crippen LogP contribution < -0.4 is 22.8 Å². The van der Waals surface area contributed by atoms with E-state index in [4.69, 9.17) is 9.47 Å². The number of hydrogen-bond donors (Lipinski definition) is 1. The summed E-state index contributed by atoms with van der Waals surface area (Å²) < 4.78 is 9.59. The Morgan fingerprint density at radius 1 is 1.30 bits per heavy atom. The van der Waals surface area contributed by atoms with Crippen LogP contribution in [-0.2, 0) is 16.0 Å². The number of aromatic amines is 1. The quantitative estimate of drug-likeness (QED) is 0.660. The molecule has 0 saturated heterocycles. The van der Waals surface area contributed by atoms with Crippen molar-refractivity contribution in [3.05, 3.63) is 30.1 Å². The van der Waals surface area contributed by atoms with Crippen molar-refractivity contribution in [3.8, 4) is 0 Å². The van der Waals surface area contributed by atoms with Crippen LogP contribution in [0.4, 0.5) is 9.59 Å². The molecule has 1 aromatic rings. The molecule has 7 nitrogen and oxygen atoms in total. The summed E-state index contributed by atoms with van der Waals surface area (Å²) in [5.41, 5.74) is 3.15. The molecule has 0 aliphatic heterocycles. The van der Waals surface area contributed by atoms with Crippen molar-refractivity contribution in [1.82, 2.24) is 10.4 Å². The predicted molar refractivity (Wildman–Crippen MR) is 65.7 cm³/mol. The number of carbonyl (C=O) groups is 2. The van der Waals surface area contributed by atoms with Crippen LogP contribution in [0, 0.1) is 0 Å². The maximum Gasteiger partial charge on any atom is 0.429 e. The Kier molecular flexibility index (Phi) is 8.86. The molecule has 0 aliphatic rings. The smallest absolute Gasteiger partial charge is 0.429 e. The average Bonchev–Trinajstić information content (AvgIpc) is 2.40. The molecule has 1 rings (SSSR count). The standard InChI is InChI=1S/C12H17N3O4.ClH/c1-3-18-11(16)14-15(12(17)19-4-2)9-10-6-5-7-13-8-10;/h5-8H,3-4,9H2,1-2H3,(H,14,16);1H. The summed E-state index contributed by atoms with van der Waals surface area (Å²) >= 11 is 0. The minimum atomic E-state index is -0.699. The number of aromatic nitrogens is 1. The molecule has 8 heteroatoms. The number of H-pyrrole nitrogens is 1. The van der Waals surface area contributed by atoms with Gasteiger partial charge in [0.2, 0.25) is 0 Å². The van der Waals surface area contributed by atoms with Crippen LogP contribution in [0.2, 0.25) is 0 Å². The van der Waals surface area contributed by atoms with Crippen molar-refractivity contribution >= 4 is 12.2 Å². The number of ether oxygens (including phenoxy) is 2. The molecule has 0 saturated carbocycles. The Morgan fingerprint density at radius 3 is 2.55 bits per heavy atom. The van der Waals surface area contributed by atoms with Crippen molar-refractivity contribution < 1.29 is 36.5 Å². The third-order valence-electron chi connectivity index (χ3n) is 2.10. The van der Waals surface area contributed by atoms with Gasteiger partial charge in [0.1, 0.15) is 0 Å². The summed E-state index contributed by atoms with van der Waals surface area (Å²) in [5.74, 6) is 0. The summed E-state index contributed by atoms with van der Waals surface area (Å²) in [6, 6.07) is 3.61. The number of nitrogens with one attached hydrogen (secondary N) is 2. The number of pyridine rings is 1. The lowest BCUT2D eigenvalue weighted by molar-refractivity contribution is -0.378. The van der Waals surface area contributed by atoms with Crippen LogP contribution in [0.15, 0.2) is 24.5 Å². The minimum Gasteiger partial charge on any atom is -1.00 e. The first-order chi connectivity index (χ1) is 9.17. The van der Waals surface area contributed by atoms with Crippen LogP contribution in [0.3, 0.4) is 0 Å². The number of hydrogen-bond acceptors (Lipinski definition) is 4. The van der Waals surface area contributed by atoms with Crippen molar-refractivity contribution in [1.29, 1.82) is 0 Å². The zero-order chi connectivity index (χ0) is 14.1. The molecule has 20 heavy (non-hydrogen) atoms. The summed E-state index contributed by atoms with van der Waals surface area (Å²) in [4.78, 5) is 26.0. The number of amides is 2. The topological polar surface area (TPSA) is 82.0 Å². The second-order valence-electron chi connectivity index (χ2n) is 3.53. The summed E-state index contributed by atoms with van der Waals surface area (Å²) in [6.45, 7) is 3.99. The highest BCUT2D eigenvalue weighted by atomic mass is 35.5. The van der Waals surface area contributed by atoms with Gasteiger partial charge in [-0.05, 0) is 19.9 Å². The molecule has 2 amide bonds. The second kappa shape index (κ2) is 9.85. The van der Waals surface area contributed by atoms with Crippen LogP contribution in [0.5, 0.6) is 0 Å². The third-order valence-corrected chi connectivity index (χ3v) is 2.10. The molecule has 112 valence electrons. The van der Waals surface area contributed by atoms with Gasteiger partial charge < -0.3 is 21.9 Å². The molecule has 0 spiro atoms. The molecule has 1 aromatic heterocycles. The van der Waals surface area contributed by atoms with E-state index in [1.54, 1.807) is 32.3 Å². The number of hydrazine groups is 1. The fourth-order valence-electron chi connectivity index (χ4n) is 1.34. The fraction of sp³-hybridized carbons (Fsp3) is 0.417. The van der Waals surface area contributed by atoms with Gasteiger partial charge in [-0.2, -0.15) is 0 Å². The minimum absolute atomic E-state index is 0. The number of carbonyl (C=O) groups excluding carboxylic acids is 2. The van der Waals surface area contributed by atoms with Gasteiger partial charge in [0, 0.05) is 11.6 Å². The monoisotopic (exact) mass is 303 g/mol. The molecule has 0 atom stereocenters. The highest BCUT2D eigenvalue weighted by Gasteiger charge is 2.19. The molecule has 0 aromatic carbocycles. The van der Waals surface area contributed by atoms with E-state index in [2.05, 4.69) is 10.4 Å². The fourth-order valence-corrected chi connectivity index (χ4v) is 1.34. The summed E-state index contributed by atoms with van der Waals surface area (Å²) in [5, 5.41) is 1.06. The first-order valence-electron chi connectivity index (χ1n) is 6.00. The number of rotatable bonds is 4. The molecule has 0 unspecified atom stereocenters. The van der Waals surface area contributed by atoms with Crippen LogP contribution >= 0.6 is 0 Å². The van der Waals surface area contributed by atoms with E-state index in [0.29, 0.717) is 0 Å². The summed E-state index contributed by atoms with van der Waals surface area (Å²) in [7, 11) is 0. The molecule has 0 radical (unpaired) electrons. The van der Waals surface area contributed by atoms with E-state index in [0.717, 1.165) is 10.6 Å². The molecular formula is C12H18ClN3O4. The predicted octanol–water partition coefficient (Wildman–Crippen LogP) is -1.88. The molecule has 1 heterocycles. The largest absolute Gasteiger partial charge is 1.00 e. The van der Waals surface area contributed by atoms with Crippen molar-refractivity contribution in [3.63, 3.8) is 0 Å². The Morgan fingerprint density at radius 2 is 2.00 bits per heavy atom. The second-order valence-corrected chi connectivity index (χ2v) is 3.53. The molecule has 2 N–H and O–H groups in total. The number of halogens is 1. The first kappa shape index (κ1) is 18.0. The van der Waals surface area contributed by atoms with Crippen LogP contribution in [0.25, 0.3) is 0 Å². The normalized spacial score (nSPS) is 9.10. The van der Waals surface area contributed by atoms with Gasteiger partial charge in [-0.3, -0.25) is 0 Å². The summed E-state index contributed by atoms with van der Waals surface area (Å²) in [6.07, 6.45) is 2.13. The highest BCUT2D eigenvalue weighted by molar-refractivity contribution is 5.73.